The molecular formula is C16H24N4O2. The van der Waals surface area contributed by atoms with Gasteiger partial charge < -0.3 is 10.1 Å². The van der Waals surface area contributed by atoms with Crippen molar-refractivity contribution < 1.29 is 9.53 Å². The predicted molar refractivity (Wildman–Crippen MR) is 84.4 cm³/mol. The van der Waals surface area contributed by atoms with Gasteiger partial charge in [-0.2, -0.15) is 0 Å². The van der Waals surface area contributed by atoms with Crippen LogP contribution in [0, 0.1) is 5.92 Å². The molecule has 0 bridgehead atoms. The highest BCUT2D eigenvalue weighted by atomic mass is 16.5. The number of aromatic nitrogens is 3. The fourth-order valence-corrected chi connectivity index (χ4v) is 2.11. The second kappa shape index (κ2) is 7.35. The molecule has 0 saturated heterocycles. The summed E-state index contributed by atoms with van der Waals surface area (Å²) in [5, 5.41) is 11.2. The van der Waals surface area contributed by atoms with Gasteiger partial charge in [-0.15, -0.1) is 10.2 Å². The third-order valence-corrected chi connectivity index (χ3v) is 3.52. The number of rotatable bonds is 7. The van der Waals surface area contributed by atoms with Crippen molar-refractivity contribution in [1.82, 2.24) is 19.9 Å². The molecule has 2 atom stereocenters. The first kappa shape index (κ1) is 16.4. The minimum atomic E-state index is -0.472. The molecule has 2 heterocycles. The Morgan fingerprint density at radius 1 is 1.27 bits per heavy atom. The van der Waals surface area contributed by atoms with E-state index in [-0.39, 0.29) is 11.9 Å². The highest BCUT2D eigenvalue weighted by Crippen LogP contribution is 2.12. The van der Waals surface area contributed by atoms with Crippen molar-refractivity contribution >= 4 is 11.6 Å². The third-order valence-electron chi connectivity index (χ3n) is 3.52. The molecule has 2 rings (SSSR count). The number of pyridine rings is 1. The lowest BCUT2D eigenvalue weighted by Gasteiger charge is -2.17. The van der Waals surface area contributed by atoms with Crippen LogP contribution in [0.15, 0.2) is 24.4 Å². The van der Waals surface area contributed by atoms with E-state index in [1.54, 1.807) is 6.92 Å². The normalized spacial score (nSPS) is 14.2. The zero-order chi connectivity index (χ0) is 16.1. The van der Waals surface area contributed by atoms with Gasteiger partial charge in [-0.25, -0.2) is 0 Å². The molecule has 22 heavy (non-hydrogen) atoms. The average Bonchev–Trinajstić information content (AvgIpc) is 2.90. The molecule has 0 fully saturated rings. The maximum Gasteiger partial charge on any atom is 0.249 e. The summed E-state index contributed by atoms with van der Waals surface area (Å²) in [7, 11) is 0. The second-order valence-corrected chi connectivity index (χ2v) is 5.91. The zero-order valence-electron chi connectivity index (χ0n) is 13.6. The van der Waals surface area contributed by atoms with Crippen molar-refractivity contribution in [2.75, 3.05) is 6.61 Å². The van der Waals surface area contributed by atoms with Crippen molar-refractivity contribution in [3.8, 4) is 0 Å². The van der Waals surface area contributed by atoms with Gasteiger partial charge in [0, 0.05) is 12.8 Å². The van der Waals surface area contributed by atoms with Gasteiger partial charge in [0.2, 0.25) is 5.91 Å². The summed E-state index contributed by atoms with van der Waals surface area (Å²) in [5.74, 6) is 1.14. The number of hydrogen-bond acceptors (Lipinski definition) is 4. The molecule has 0 radical (unpaired) electrons. The van der Waals surface area contributed by atoms with Crippen LogP contribution in [0.3, 0.4) is 0 Å². The van der Waals surface area contributed by atoms with Crippen LogP contribution in [-0.2, 0) is 9.53 Å². The van der Waals surface area contributed by atoms with Gasteiger partial charge in [0.1, 0.15) is 6.10 Å². The van der Waals surface area contributed by atoms with E-state index in [4.69, 9.17) is 4.74 Å². The van der Waals surface area contributed by atoms with E-state index in [0.717, 1.165) is 12.1 Å². The molecule has 2 aromatic rings. The number of carbonyl (C=O) groups is 1. The number of ether oxygens (including phenoxy) is 1. The Labute approximate surface area is 130 Å². The van der Waals surface area contributed by atoms with Gasteiger partial charge in [-0.1, -0.05) is 19.9 Å². The molecule has 2 unspecified atom stereocenters. The number of nitrogens with one attached hydrogen (secondary N) is 1. The zero-order valence-corrected chi connectivity index (χ0v) is 13.6. The van der Waals surface area contributed by atoms with Crippen molar-refractivity contribution in [1.29, 1.82) is 0 Å². The minimum Gasteiger partial charge on any atom is -0.369 e. The fourth-order valence-electron chi connectivity index (χ4n) is 2.11. The second-order valence-electron chi connectivity index (χ2n) is 5.91. The summed E-state index contributed by atoms with van der Waals surface area (Å²) in [6.07, 6.45) is 2.36. The molecule has 0 aromatic carbocycles. The lowest BCUT2D eigenvalue weighted by molar-refractivity contribution is -0.132. The van der Waals surface area contributed by atoms with Crippen LogP contribution >= 0.6 is 0 Å². The van der Waals surface area contributed by atoms with Crippen molar-refractivity contribution in [2.24, 2.45) is 5.92 Å². The predicted octanol–water partition coefficient (Wildman–Crippen LogP) is 2.36. The summed E-state index contributed by atoms with van der Waals surface area (Å²) < 4.78 is 7.44. The van der Waals surface area contributed by atoms with E-state index in [1.807, 2.05) is 35.7 Å². The summed E-state index contributed by atoms with van der Waals surface area (Å²) in [5.41, 5.74) is 0.764. The number of carbonyl (C=O) groups excluding carboxylic acids is 1. The summed E-state index contributed by atoms with van der Waals surface area (Å²) in [6.45, 7) is 8.51. The Hall–Kier alpha value is -1.95. The van der Waals surface area contributed by atoms with Crippen LogP contribution in [-0.4, -0.2) is 33.2 Å². The maximum absolute atomic E-state index is 12.2. The lowest BCUT2D eigenvalue weighted by atomic mass is 10.1. The first-order valence-electron chi connectivity index (χ1n) is 7.70. The van der Waals surface area contributed by atoms with Gasteiger partial charge in [0.05, 0.1) is 6.04 Å². The van der Waals surface area contributed by atoms with Crippen LogP contribution in [0.25, 0.3) is 5.65 Å². The number of nitrogens with zero attached hydrogens (tertiary/aromatic N) is 3. The molecule has 0 spiro atoms. The summed E-state index contributed by atoms with van der Waals surface area (Å²) >= 11 is 0. The van der Waals surface area contributed by atoms with Crippen LogP contribution in [0.1, 0.15) is 46.0 Å². The van der Waals surface area contributed by atoms with Gasteiger partial charge in [-0.3, -0.25) is 9.20 Å². The smallest absolute Gasteiger partial charge is 0.249 e. The Balaban J connectivity index is 1.93. The van der Waals surface area contributed by atoms with E-state index in [9.17, 15) is 4.79 Å². The monoisotopic (exact) mass is 304 g/mol. The fraction of sp³-hybridized carbons (Fsp3) is 0.562. The first-order valence-corrected chi connectivity index (χ1v) is 7.70. The third kappa shape index (κ3) is 4.04. The van der Waals surface area contributed by atoms with Crippen molar-refractivity contribution in [3.05, 3.63) is 30.2 Å². The van der Waals surface area contributed by atoms with Gasteiger partial charge in [0.15, 0.2) is 11.5 Å². The highest BCUT2D eigenvalue weighted by molar-refractivity contribution is 5.80. The molecular weight excluding hydrogens is 280 g/mol. The topological polar surface area (TPSA) is 68.5 Å². The van der Waals surface area contributed by atoms with E-state index in [2.05, 4.69) is 29.4 Å². The molecule has 1 N–H and O–H groups in total. The Bertz CT molecular complexity index is 623. The molecule has 0 aliphatic carbocycles. The summed E-state index contributed by atoms with van der Waals surface area (Å²) in [4.78, 5) is 12.2. The number of hydrogen-bond donors (Lipinski definition) is 1. The minimum absolute atomic E-state index is 0.135. The lowest BCUT2D eigenvalue weighted by Crippen LogP contribution is -2.37. The van der Waals surface area contributed by atoms with Crippen LogP contribution in [0.5, 0.6) is 0 Å². The Kier molecular flexibility index (Phi) is 5.49. The van der Waals surface area contributed by atoms with E-state index in [0.29, 0.717) is 18.3 Å². The number of fused-ring (bicyclic) bond motifs is 1. The molecule has 1 amide bonds. The van der Waals surface area contributed by atoms with Gasteiger partial charge >= 0.3 is 0 Å². The van der Waals surface area contributed by atoms with Crippen molar-refractivity contribution in [2.45, 2.75) is 46.3 Å². The largest absolute Gasteiger partial charge is 0.369 e. The average molecular weight is 304 g/mol. The molecule has 2 aromatic heterocycles. The molecule has 6 nitrogen and oxygen atoms in total. The standard InChI is InChI=1S/C16H24N4O2/c1-11(2)8-10-22-13(4)16(21)17-12(3)15-19-18-14-7-5-6-9-20(14)15/h5-7,9,11-13H,8,10H2,1-4H3,(H,17,21). The SMILES string of the molecule is CC(C)CCOC(C)C(=O)NC(C)c1nnc2ccccn12. The first-order chi connectivity index (χ1) is 10.5. The van der Waals surface area contributed by atoms with E-state index in [1.165, 1.54) is 0 Å². The molecule has 0 saturated carbocycles. The summed E-state index contributed by atoms with van der Waals surface area (Å²) in [6, 6.07) is 5.46. The van der Waals surface area contributed by atoms with Crippen LogP contribution < -0.4 is 5.32 Å². The molecule has 0 aliphatic heterocycles. The highest BCUT2D eigenvalue weighted by Gasteiger charge is 2.19. The van der Waals surface area contributed by atoms with E-state index < -0.39 is 6.10 Å². The van der Waals surface area contributed by atoms with Crippen LogP contribution in [0.4, 0.5) is 0 Å². The van der Waals surface area contributed by atoms with Gasteiger partial charge in [0.25, 0.3) is 0 Å². The molecule has 120 valence electrons. The van der Waals surface area contributed by atoms with Gasteiger partial charge in [-0.05, 0) is 38.3 Å². The molecule has 6 heteroatoms. The Morgan fingerprint density at radius 3 is 2.77 bits per heavy atom. The Morgan fingerprint density at radius 2 is 2.05 bits per heavy atom. The quantitative estimate of drug-likeness (QED) is 0.852. The van der Waals surface area contributed by atoms with E-state index >= 15 is 0 Å². The van der Waals surface area contributed by atoms with Crippen LogP contribution in [0.2, 0.25) is 0 Å². The van der Waals surface area contributed by atoms with Crippen molar-refractivity contribution in [3.63, 3.8) is 0 Å². The number of amides is 1. The molecule has 0 aliphatic rings. The maximum atomic E-state index is 12.2.